The van der Waals surface area contributed by atoms with Crippen LogP contribution >= 0.6 is 11.3 Å². The van der Waals surface area contributed by atoms with Gasteiger partial charge in [-0.05, 0) is 43.4 Å². The number of nitrogens with zero attached hydrogens (tertiary/aromatic N) is 2. The molecule has 1 saturated heterocycles. The van der Waals surface area contributed by atoms with E-state index in [1.807, 2.05) is 0 Å². The van der Waals surface area contributed by atoms with Crippen LogP contribution in [-0.2, 0) is 28.9 Å². The van der Waals surface area contributed by atoms with Crippen LogP contribution in [0.15, 0.2) is 24.3 Å². The molecule has 0 spiro atoms. The Hall–Kier alpha value is -2.28. The molecule has 5 nitrogen and oxygen atoms in total. The number of halogens is 1. The second-order valence-corrected chi connectivity index (χ2v) is 8.32. The summed E-state index contributed by atoms with van der Waals surface area (Å²) in [5, 5.41) is 3.61. The van der Waals surface area contributed by atoms with Crippen LogP contribution in [0.3, 0.4) is 0 Å². The molecule has 1 fully saturated rings. The number of aryl methyl sites for hydroxylation is 2. The van der Waals surface area contributed by atoms with Gasteiger partial charge in [-0.2, -0.15) is 0 Å². The van der Waals surface area contributed by atoms with E-state index in [0.717, 1.165) is 30.5 Å². The normalized spacial score (nSPS) is 17.0. The van der Waals surface area contributed by atoms with Crippen molar-refractivity contribution in [3.8, 4) is 0 Å². The van der Waals surface area contributed by atoms with Crippen molar-refractivity contribution in [1.82, 2.24) is 9.88 Å². The fourth-order valence-electron chi connectivity index (χ4n) is 3.53. The Morgan fingerprint density at radius 1 is 1.15 bits per heavy atom. The maximum atomic E-state index is 12.9. The van der Waals surface area contributed by atoms with E-state index in [1.165, 1.54) is 29.9 Å². The summed E-state index contributed by atoms with van der Waals surface area (Å²) in [4.78, 5) is 32.2. The van der Waals surface area contributed by atoms with Crippen LogP contribution in [0.4, 0.5) is 9.52 Å². The molecule has 0 saturated carbocycles. The Morgan fingerprint density at radius 3 is 2.67 bits per heavy atom. The smallest absolute Gasteiger partial charge is 0.232 e. The van der Waals surface area contributed by atoms with Crippen molar-refractivity contribution in [2.45, 2.75) is 38.5 Å². The number of thiazole rings is 1. The number of carbonyl (C=O) groups is 2. The number of carbonyl (C=O) groups excluding carboxylic acids is 2. The van der Waals surface area contributed by atoms with Gasteiger partial charge in [-0.3, -0.25) is 9.59 Å². The number of benzene rings is 1. The van der Waals surface area contributed by atoms with Gasteiger partial charge in [0.05, 0.1) is 18.0 Å². The van der Waals surface area contributed by atoms with Crippen LogP contribution in [0.5, 0.6) is 0 Å². The molecule has 2 heterocycles. The monoisotopic (exact) mass is 387 g/mol. The van der Waals surface area contributed by atoms with Crippen LogP contribution < -0.4 is 5.32 Å². The van der Waals surface area contributed by atoms with Crippen molar-refractivity contribution in [1.29, 1.82) is 0 Å². The minimum Gasteiger partial charge on any atom is -0.341 e. The zero-order valence-corrected chi connectivity index (χ0v) is 15.9. The topological polar surface area (TPSA) is 62.3 Å². The molecule has 2 aliphatic rings. The SMILES string of the molecule is O=C(Nc1nc2c(s1)CCCCC2)C1CN(C(=O)Cc2ccc(F)cc2)C1. The van der Waals surface area contributed by atoms with Crippen LogP contribution in [-0.4, -0.2) is 34.8 Å². The summed E-state index contributed by atoms with van der Waals surface area (Å²) >= 11 is 1.58. The van der Waals surface area contributed by atoms with Crippen LogP contribution in [0.1, 0.15) is 35.4 Å². The summed E-state index contributed by atoms with van der Waals surface area (Å²) in [6, 6.07) is 5.93. The molecule has 142 valence electrons. The number of nitrogens with one attached hydrogen (secondary N) is 1. The van der Waals surface area contributed by atoms with Crippen molar-refractivity contribution in [3.63, 3.8) is 0 Å². The lowest BCUT2D eigenvalue weighted by atomic mass is 9.98. The lowest BCUT2D eigenvalue weighted by molar-refractivity contribution is -0.140. The summed E-state index contributed by atoms with van der Waals surface area (Å²) in [5.41, 5.74) is 1.91. The van der Waals surface area contributed by atoms with Crippen molar-refractivity contribution < 1.29 is 14.0 Å². The lowest BCUT2D eigenvalue weighted by Gasteiger charge is -2.38. The standard InChI is InChI=1S/C20H22FN3O2S/c21-15-8-6-13(7-9-15)10-18(25)24-11-14(12-24)19(26)23-20-22-16-4-2-1-3-5-17(16)27-20/h6-9,14H,1-5,10-12H2,(H,22,23,26). The number of hydrogen-bond acceptors (Lipinski definition) is 4. The minimum absolute atomic E-state index is 0.0355. The molecular weight excluding hydrogens is 365 g/mol. The number of amides is 2. The molecule has 2 aromatic rings. The number of rotatable bonds is 4. The first-order chi connectivity index (χ1) is 13.1. The Morgan fingerprint density at radius 2 is 1.89 bits per heavy atom. The average Bonchev–Trinajstić information content (AvgIpc) is 2.83. The molecule has 4 rings (SSSR count). The molecule has 0 unspecified atom stereocenters. The van der Waals surface area contributed by atoms with Crippen LogP contribution in [0.25, 0.3) is 0 Å². The summed E-state index contributed by atoms with van der Waals surface area (Å²) in [7, 11) is 0. The van der Waals surface area contributed by atoms with Gasteiger partial charge < -0.3 is 10.2 Å². The molecule has 27 heavy (non-hydrogen) atoms. The van der Waals surface area contributed by atoms with Crippen molar-refractivity contribution in [3.05, 3.63) is 46.2 Å². The maximum Gasteiger partial charge on any atom is 0.232 e. The zero-order chi connectivity index (χ0) is 18.8. The Kier molecular flexibility index (Phi) is 5.20. The van der Waals surface area contributed by atoms with Crippen molar-refractivity contribution in [2.24, 2.45) is 5.92 Å². The highest BCUT2D eigenvalue weighted by molar-refractivity contribution is 7.15. The fourth-order valence-corrected chi connectivity index (χ4v) is 4.58. The van der Waals surface area contributed by atoms with E-state index in [4.69, 9.17) is 0 Å². The summed E-state index contributed by atoms with van der Waals surface area (Å²) in [6.07, 6.45) is 5.88. The van der Waals surface area contributed by atoms with Gasteiger partial charge in [0.25, 0.3) is 0 Å². The van der Waals surface area contributed by atoms with Gasteiger partial charge in [-0.1, -0.05) is 18.6 Å². The number of aromatic nitrogens is 1. The Labute approximate surface area is 161 Å². The third-order valence-electron chi connectivity index (χ3n) is 5.20. The molecular formula is C20H22FN3O2S. The summed E-state index contributed by atoms with van der Waals surface area (Å²) < 4.78 is 12.9. The van der Waals surface area contributed by atoms with E-state index >= 15 is 0 Å². The van der Waals surface area contributed by atoms with E-state index in [-0.39, 0.29) is 30.0 Å². The Bertz CT molecular complexity index is 820. The van der Waals surface area contributed by atoms with E-state index in [1.54, 1.807) is 28.4 Å². The second kappa shape index (κ2) is 7.76. The van der Waals surface area contributed by atoms with Crippen molar-refractivity contribution in [2.75, 3.05) is 18.4 Å². The number of hydrogen-bond donors (Lipinski definition) is 1. The molecule has 0 bridgehead atoms. The largest absolute Gasteiger partial charge is 0.341 e. The molecule has 2 amide bonds. The second-order valence-electron chi connectivity index (χ2n) is 7.24. The third kappa shape index (κ3) is 4.18. The van der Waals surface area contributed by atoms with E-state index in [2.05, 4.69) is 10.3 Å². The van der Waals surface area contributed by atoms with E-state index in [9.17, 15) is 14.0 Å². The highest BCUT2D eigenvalue weighted by Gasteiger charge is 2.35. The van der Waals surface area contributed by atoms with Gasteiger partial charge >= 0.3 is 0 Å². The van der Waals surface area contributed by atoms with Crippen molar-refractivity contribution >= 4 is 28.3 Å². The Balaban J connectivity index is 1.27. The van der Waals surface area contributed by atoms with Gasteiger partial charge in [0.1, 0.15) is 5.82 Å². The first-order valence-electron chi connectivity index (χ1n) is 9.40. The predicted molar refractivity (Wildman–Crippen MR) is 102 cm³/mol. The van der Waals surface area contributed by atoms with Crippen LogP contribution in [0.2, 0.25) is 0 Å². The highest BCUT2D eigenvalue weighted by Crippen LogP contribution is 2.29. The minimum atomic E-state index is -0.314. The van der Waals surface area contributed by atoms with Gasteiger partial charge in [0.2, 0.25) is 11.8 Å². The predicted octanol–water partition coefficient (Wildman–Crippen LogP) is 3.19. The quantitative estimate of drug-likeness (QED) is 0.820. The molecule has 7 heteroatoms. The van der Waals surface area contributed by atoms with Crippen LogP contribution in [0, 0.1) is 11.7 Å². The van der Waals surface area contributed by atoms with E-state index in [0.29, 0.717) is 18.2 Å². The fraction of sp³-hybridized carbons (Fsp3) is 0.450. The number of anilines is 1. The molecule has 1 aliphatic carbocycles. The lowest BCUT2D eigenvalue weighted by Crippen LogP contribution is -2.54. The third-order valence-corrected chi connectivity index (χ3v) is 6.27. The first-order valence-corrected chi connectivity index (χ1v) is 10.2. The zero-order valence-electron chi connectivity index (χ0n) is 15.0. The van der Waals surface area contributed by atoms with Gasteiger partial charge in [-0.25, -0.2) is 9.37 Å². The molecule has 1 aromatic heterocycles. The van der Waals surface area contributed by atoms with E-state index < -0.39 is 0 Å². The first kappa shape index (κ1) is 18.1. The number of fused-ring (bicyclic) bond motifs is 1. The summed E-state index contributed by atoms with van der Waals surface area (Å²) in [5.74, 6) is -0.603. The number of likely N-dealkylation sites (tertiary alicyclic amines) is 1. The molecule has 0 atom stereocenters. The molecule has 0 radical (unpaired) electrons. The average molecular weight is 387 g/mol. The van der Waals surface area contributed by atoms with Gasteiger partial charge in [0.15, 0.2) is 5.13 Å². The molecule has 1 aliphatic heterocycles. The molecule has 1 aromatic carbocycles. The van der Waals surface area contributed by atoms with Gasteiger partial charge in [-0.15, -0.1) is 11.3 Å². The summed E-state index contributed by atoms with van der Waals surface area (Å²) in [6.45, 7) is 0.855. The maximum absolute atomic E-state index is 12.9. The van der Waals surface area contributed by atoms with Gasteiger partial charge in [0, 0.05) is 18.0 Å². The highest BCUT2D eigenvalue weighted by atomic mass is 32.1. The molecule has 1 N–H and O–H groups in total.